The van der Waals surface area contributed by atoms with Crippen molar-refractivity contribution in [1.29, 1.82) is 0 Å². The van der Waals surface area contributed by atoms with Crippen LogP contribution in [-0.2, 0) is 4.79 Å². The van der Waals surface area contributed by atoms with Gasteiger partial charge in [0.2, 0.25) is 5.91 Å². The molecule has 0 aliphatic carbocycles. The van der Waals surface area contributed by atoms with Crippen molar-refractivity contribution in [3.63, 3.8) is 0 Å². The zero-order chi connectivity index (χ0) is 20.9. The molecule has 0 aromatic carbocycles. The first-order chi connectivity index (χ1) is 13.6. The molecule has 0 heterocycles. The number of nitrogens with two attached hydrogens (primary N) is 1. The fourth-order valence-corrected chi connectivity index (χ4v) is 2.52. The minimum absolute atomic E-state index is 0.0176. The minimum atomic E-state index is -0.346. The van der Waals surface area contributed by atoms with Crippen LogP contribution in [0.15, 0.2) is 72.9 Å². The molecule has 3 N–H and O–H groups in total. The van der Waals surface area contributed by atoms with Crippen molar-refractivity contribution >= 4 is 5.91 Å². The number of amides is 1. The van der Waals surface area contributed by atoms with E-state index >= 15 is 0 Å². The topological polar surface area (TPSA) is 63.3 Å². The normalized spacial score (nSPS) is 15.2. The molecule has 0 rings (SSSR count). The van der Waals surface area contributed by atoms with E-state index in [9.17, 15) is 4.79 Å². The predicted octanol–water partition coefficient (Wildman–Crippen LogP) is 5.80. The maximum absolute atomic E-state index is 11.4. The van der Waals surface area contributed by atoms with Crippen LogP contribution in [0.2, 0.25) is 0 Å². The van der Waals surface area contributed by atoms with Crippen molar-refractivity contribution in [2.75, 3.05) is 6.61 Å². The Morgan fingerprint density at radius 3 is 1.43 bits per heavy atom. The van der Waals surface area contributed by atoms with Crippen LogP contribution in [0, 0.1) is 11.8 Å². The fraction of sp³-hybridized carbons (Fsp3) is 0.480. The van der Waals surface area contributed by atoms with Crippen LogP contribution in [-0.4, -0.2) is 17.6 Å². The summed E-state index contributed by atoms with van der Waals surface area (Å²) in [7, 11) is 0. The molecule has 2 atom stereocenters. The molecular formula is C25H39NO2. The molecule has 0 bridgehead atoms. The van der Waals surface area contributed by atoms with Crippen LogP contribution >= 0.6 is 0 Å². The van der Waals surface area contributed by atoms with Crippen LogP contribution in [0.4, 0.5) is 0 Å². The maximum Gasteiger partial charge on any atom is 0.221 e. The number of aliphatic hydroxyl groups is 1. The van der Waals surface area contributed by atoms with Gasteiger partial charge in [-0.3, -0.25) is 4.79 Å². The van der Waals surface area contributed by atoms with Gasteiger partial charge >= 0.3 is 0 Å². The Labute approximate surface area is 172 Å². The first kappa shape index (κ1) is 25.9. The van der Waals surface area contributed by atoms with E-state index in [1.165, 1.54) is 0 Å². The summed E-state index contributed by atoms with van der Waals surface area (Å²) in [5.41, 5.74) is 5.37. The van der Waals surface area contributed by atoms with Gasteiger partial charge in [-0.25, -0.2) is 0 Å². The summed E-state index contributed by atoms with van der Waals surface area (Å²) in [4.78, 5) is 11.4. The van der Waals surface area contributed by atoms with Crippen LogP contribution in [0.25, 0.3) is 0 Å². The summed E-state index contributed by atoms with van der Waals surface area (Å²) in [6.45, 7) is 3.97. The number of allylic oxidation sites excluding steroid dienone is 12. The standard InChI is InChI=1S/C25H39NO2/c1-3-4-5-6-7-8-9-10-11-12-13-14-15-16-17-18-19-20-21-24(25(26)28)23(2)22-27/h4-5,7-8,10-11,13-14,16-17,19-20,23-24,27H,3,6,9,12,15,18,21-22H2,1-2H3,(H2,26,28)/t23-,24?/m0/s1. The van der Waals surface area contributed by atoms with E-state index in [-0.39, 0.29) is 24.3 Å². The summed E-state index contributed by atoms with van der Waals surface area (Å²) >= 11 is 0. The molecule has 1 amide bonds. The van der Waals surface area contributed by atoms with Crippen LogP contribution in [0.1, 0.15) is 58.8 Å². The average molecular weight is 386 g/mol. The number of hydrogen-bond acceptors (Lipinski definition) is 2. The SMILES string of the molecule is CCC=CCC=CCC=CCC=CCC=CCC=CCC(C(N)=O)[C@@H](C)CO. The molecule has 0 aromatic heterocycles. The number of hydrogen-bond donors (Lipinski definition) is 2. The number of primary amides is 1. The first-order valence-corrected chi connectivity index (χ1v) is 10.4. The van der Waals surface area contributed by atoms with Crippen molar-refractivity contribution in [2.24, 2.45) is 17.6 Å². The van der Waals surface area contributed by atoms with Gasteiger partial charge in [-0.1, -0.05) is 86.8 Å². The molecule has 0 aliphatic heterocycles. The van der Waals surface area contributed by atoms with Gasteiger partial charge in [0.25, 0.3) is 0 Å². The third kappa shape index (κ3) is 16.1. The molecule has 0 spiro atoms. The summed E-state index contributed by atoms with van der Waals surface area (Å²) in [5.74, 6) is -0.744. The average Bonchev–Trinajstić information content (AvgIpc) is 2.69. The third-order valence-corrected chi connectivity index (χ3v) is 4.33. The lowest BCUT2D eigenvalue weighted by atomic mass is 9.91. The first-order valence-electron chi connectivity index (χ1n) is 10.4. The second-order valence-corrected chi connectivity index (χ2v) is 6.82. The molecule has 0 radical (unpaired) electrons. The zero-order valence-electron chi connectivity index (χ0n) is 17.7. The Morgan fingerprint density at radius 1 is 0.750 bits per heavy atom. The molecule has 156 valence electrons. The summed E-state index contributed by atoms with van der Waals surface area (Å²) in [6.07, 6.45) is 32.2. The Bertz CT molecular complexity index is 553. The largest absolute Gasteiger partial charge is 0.396 e. The lowest BCUT2D eigenvalue weighted by Crippen LogP contribution is -2.30. The molecule has 3 nitrogen and oxygen atoms in total. The molecule has 3 heteroatoms. The van der Waals surface area contributed by atoms with Crippen molar-refractivity contribution in [3.8, 4) is 0 Å². The van der Waals surface area contributed by atoms with E-state index in [0.717, 1.165) is 38.5 Å². The summed E-state index contributed by atoms with van der Waals surface area (Å²) in [6, 6.07) is 0. The van der Waals surface area contributed by atoms with E-state index in [1.54, 1.807) is 0 Å². The summed E-state index contributed by atoms with van der Waals surface area (Å²) < 4.78 is 0. The van der Waals surface area contributed by atoms with Gasteiger partial charge in [-0.05, 0) is 50.9 Å². The Kier molecular flexibility index (Phi) is 18.1. The molecular weight excluding hydrogens is 346 g/mol. The van der Waals surface area contributed by atoms with Gasteiger partial charge in [-0.2, -0.15) is 0 Å². The van der Waals surface area contributed by atoms with Crippen LogP contribution in [0.3, 0.4) is 0 Å². The minimum Gasteiger partial charge on any atom is -0.396 e. The van der Waals surface area contributed by atoms with Crippen LogP contribution < -0.4 is 5.73 Å². The van der Waals surface area contributed by atoms with Crippen molar-refractivity contribution in [1.82, 2.24) is 0 Å². The van der Waals surface area contributed by atoms with Gasteiger partial charge in [0.15, 0.2) is 0 Å². The molecule has 0 aliphatic rings. The quantitative estimate of drug-likeness (QED) is 0.330. The van der Waals surface area contributed by atoms with E-state index in [1.807, 2.05) is 19.1 Å². The zero-order valence-corrected chi connectivity index (χ0v) is 17.7. The van der Waals surface area contributed by atoms with E-state index in [0.29, 0.717) is 6.42 Å². The number of rotatable bonds is 16. The Hall–Kier alpha value is -2.13. The number of aliphatic hydroxyl groups excluding tert-OH is 1. The van der Waals surface area contributed by atoms with Gasteiger partial charge in [0.1, 0.15) is 0 Å². The van der Waals surface area contributed by atoms with Gasteiger partial charge < -0.3 is 10.8 Å². The van der Waals surface area contributed by atoms with Gasteiger partial charge in [0.05, 0.1) is 0 Å². The summed E-state index contributed by atoms with van der Waals surface area (Å²) in [5, 5.41) is 9.15. The predicted molar refractivity (Wildman–Crippen MR) is 122 cm³/mol. The van der Waals surface area contributed by atoms with Gasteiger partial charge in [0, 0.05) is 12.5 Å². The maximum atomic E-state index is 11.4. The highest BCUT2D eigenvalue weighted by molar-refractivity contribution is 5.77. The number of carbonyl (C=O) groups is 1. The highest BCUT2D eigenvalue weighted by atomic mass is 16.3. The Morgan fingerprint density at radius 2 is 1.11 bits per heavy atom. The van der Waals surface area contributed by atoms with Crippen molar-refractivity contribution in [2.45, 2.75) is 58.8 Å². The highest BCUT2D eigenvalue weighted by Gasteiger charge is 2.20. The molecule has 0 fully saturated rings. The van der Waals surface area contributed by atoms with Crippen LogP contribution in [0.5, 0.6) is 0 Å². The van der Waals surface area contributed by atoms with Crippen molar-refractivity contribution < 1.29 is 9.90 Å². The fourth-order valence-electron chi connectivity index (χ4n) is 2.52. The highest BCUT2D eigenvalue weighted by Crippen LogP contribution is 2.15. The smallest absolute Gasteiger partial charge is 0.221 e. The molecule has 0 aromatic rings. The van der Waals surface area contributed by atoms with Gasteiger partial charge in [-0.15, -0.1) is 0 Å². The third-order valence-electron chi connectivity index (χ3n) is 4.33. The molecule has 0 saturated carbocycles. The van der Waals surface area contributed by atoms with E-state index in [4.69, 9.17) is 10.8 Å². The van der Waals surface area contributed by atoms with Crippen molar-refractivity contribution in [3.05, 3.63) is 72.9 Å². The Balaban J connectivity index is 3.79. The second-order valence-electron chi connectivity index (χ2n) is 6.82. The molecule has 0 saturated heterocycles. The lowest BCUT2D eigenvalue weighted by molar-refractivity contribution is -0.123. The molecule has 1 unspecified atom stereocenters. The monoisotopic (exact) mass is 385 g/mol. The second kappa shape index (κ2) is 19.6. The molecule has 28 heavy (non-hydrogen) atoms. The lowest BCUT2D eigenvalue weighted by Gasteiger charge is -2.16. The number of carbonyl (C=O) groups excluding carboxylic acids is 1. The van der Waals surface area contributed by atoms with E-state index < -0.39 is 0 Å². The van der Waals surface area contributed by atoms with E-state index in [2.05, 4.69) is 67.7 Å².